The van der Waals surface area contributed by atoms with Crippen LogP contribution in [0.2, 0.25) is 0 Å². The molecule has 0 saturated heterocycles. The van der Waals surface area contributed by atoms with Gasteiger partial charge in [0.15, 0.2) is 0 Å². The number of rotatable bonds is 2. The lowest BCUT2D eigenvalue weighted by Gasteiger charge is -2.04. The van der Waals surface area contributed by atoms with Crippen molar-refractivity contribution in [1.82, 2.24) is 9.78 Å². The molecule has 0 saturated carbocycles. The molecule has 0 aliphatic carbocycles. The summed E-state index contributed by atoms with van der Waals surface area (Å²) >= 11 is 0. The van der Waals surface area contributed by atoms with E-state index in [0.29, 0.717) is 11.6 Å². The van der Waals surface area contributed by atoms with Crippen molar-refractivity contribution in [2.45, 2.75) is 26.8 Å². The summed E-state index contributed by atoms with van der Waals surface area (Å²) < 4.78 is 1.90. The first kappa shape index (κ1) is 11.4. The van der Waals surface area contributed by atoms with E-state index in [-0.39, 0.29) is 0 Å². The van der Waals surface area contributed by atoms with E-state index in [1.165, 1.54) is 0 Å². The normalized spacial score (nSPS) is 10.5. The molecule has 0 fully saturated rings. The lowest BCUT2D eigenvalue weighted by atomic mass is 10.0. The molecule has 0 radical (unpaired) electrons. The van der Waals surface area contributed by atoms with Crippen LogP contribution in [0.4, 0.5) is 0 Å². The van der Waals surface area contributed by atoms with Crippen molar-refractivity contribution in [2.75, 3.05) is 0 Å². The average Bonchev–Trinajstić information content (AvgIpc) is 2.78. The first-order valence-electron chi connectivity index (χ1n) is 5.67. The van der Waals surface area contributed by atoms with Crippen molar-refractivity contribution in [3.05, 3.63) is 41.7 Å². The third-order valence-corrected chi connectivity index (χ3v) is 2.74. The molecule has 3 heteroatoms. The Bertz CT molecular complexity index is 573. The number of aryl methyl sites for hydroxylation is 1. The highest BCUT2D eigenvalue weighted by Crippen LogP contribution is 2.24. The molecule has 0 aliphatic rings. The maximum absolute atomic E-state index is 9.11. The Balaban J connectivity index is 2.52. The van der Waals surface area contributed by atoms with Crippen LogP contribution in [0.15, 0.2) is 30.6 Å². The van der Waals surface area contributed by atoms with Crippen LogP contribution < -0.4 is 0 Å². The van der Waals surface area contributed by atoms with Crippen molar-refractivity contribution in [2.24, 2.45) is 0 Å². The second-order valence-corrected chi connectivity index (χ2v) is 4.46. The molecule has 0 amide bonds. The van der Waals surface area contributed by atoms with Gasteiger partial charge in [-0.15, -0.1) is 0 Å². The van der Waals surface area contributed by atoms with Crippen LogP contribution in [0.1, 0.15) is 31.0 Å². The fraction of sp³-hybridized carbons (Fsp3) is 0.286. The highest BCUT2D eigenvalue weighted by molar-refractivity contribution is 5.70. The van der Waals surface area contributed by atoms with Gasteiger partial charge < -0.3 is 0 Å². The molecule has 0 aliphatic heterocycles. The van der Waals surface area contributed by atoms with E-state index < -0.39 is 0 Å². The van der Waals surface area contributed by atoms with E-state index in [1.807, 2.05) is 42.2 Å². The average molecular weight is 225 g/mol. The van der Waals surface area contributed by atoms with Crippen LogP contribution in [0, 0.1) is 18.3 Å². The van der Waals surface area contributed by atoms with Gasteiger partial charge in [-0.05, 0) is 32.9 Å². The van der Waals surface area contributed by atoms with Gasteiger partial charge >= 0.3 is 0 Å². The summed E-state index contributed by atoms with van der Waals surface area (Å²) in [4.78, 5) is 0. The Morgan fingerprint density at radius 2 is 2.12 bits per heavy atom. The molecule has 86 valence electrons. The lowest BCUT2D eigenvalue weighted by Crippen LogP contribution is -1.99. The third kappa shape index (κ3) is 2.21. The van der Waals surface area contributed by atoms with E-state index >= 15 is 0 Å². The summed E-state index contributed by atoms with van der Waals surface area (Å²) in [7, 11) is 0. The first-order chi connectivity index (χ1) is 8.11. The number of benzene rings is 1. The van der Waals surface area contributed by atoms with Crippen molar-refractivity contribution in [3.63, 3.8) is 0 Å². The molecule has 0 N–H and O–H groups in total. The standard InChI is InChI=1S/C14H15N3/c1-10(2)17-9-13(8-16-17)14-6-11(3)4-5-12(14)7-15/h4-6,8-10H,1-3H3. The Morgan fingerprint density at radius 3 is 2.71 bits per heavy atom. The molecule has 0 unspecified atom stereocenters. The largest absolute Gasteiger partial charge is 0.270 e. The number of nitriles is 1. The first-order valence-corrected chi connectivity index (χ1v) is 5.67. The predicted molar refractivity (Wildman–Crippen MR) is 67.5 cm³/mol. The topological polar surface area (TPSA) is 41.6 Å². The Morgan fingerprint density at radius 1 is 1.35 bits per heavy atom. The van der Waals surface area contributed by atoms with Gasteiger partial charge in [-0.25, -0.2) is 0 Å². The number of hydrogen-bond donors (Lipinski definition) is 0. The van der Waals surface area contributed by atoms with Crippen LogP contribution in [0.5, 0.6) is 0 Å². The van der Waals surface area contributed by atoms with Crippen LogP contribution >= 0.6 is 0 Å². The van der Waals surface area contributed by atoms with E-state index in [4.69, 9.17) is 5.26 Å². The summed E-state index contributed by atoms with van der Waals surface area (Å²) in [6.07, 6.45) is 3.80. The highest BCUT2D eigenvalue weighted by Gasteiger charge is 2.08. The molecular weight excluding hydrogens is 210 g/mol. The summed E-state index contributed by atoms with van der Waals surface area (Å²) in [6.45, 7) is 6.19. The van der Waals surface area contributed by atoms with Crippen molar-refractivity contribution in [3.8, 4) is 17.2 Å². The smallest absolute Gasteiger partial charge is 0.0998 e. The minimum Gasteiger partial charge on any atom is -0.270 e. The molecule has 0 bridgehead atoms. The van der Waals surface area contributed by atoms with Gasteiger partial charge in [-0.1, -0.05) is 11.6 Å². The molecule has 0 spiro atoms. The van der Waals surface area contributed by atoms with Gasteiger partial charge in [0.25, 0.3) is 0 Å². The summed E-state index contributed by atoms with van der Waals surface area (Å²) in [5.74, 6) is 0. The summed E-state index contributed by atoms with van der Waals surface area (Å²) in [5, 5.41) is 13.4. The number of nitrogens with zero attached hydrogens (tertiary/aromatic N) is 3. The molecule has 17 heavy (non-hydrogen) atoms. The van der Waals surface area contributed by atoms with Gasteiger partial charge in [-0.3, -0.25) is 4.68 Å². The number of aromatic nitrogens is 2. The monoisotopic (exact) mass is 225 g/mol. The van der Waals surface area contributed by atoms with Crippen LogP contribution in [0.3, 0.4) is 0 Å². The fourth-order valence-electron chi connectivity index (χ4n) is 1.75. The molecule has 1 aromatic heterocycles. The Kier molecular flexibility index (Phi) is 2.97. The van der Waals surface area contributed by atoms with Crippen LogP contribution in [-0.2, 0) is 0 Å². The quantitative estimate of drug-likeness (QED) is 0.786. The molecular formula is C14H15N3. The maximum atomic E-state index is 9.11. The minimum atomic E-state index is 0.332. The van der Waals surface area contributed by atoms with Gasteiger partial charge in [0.2, 0.25) is 0 Å². The van der Waals surface area contributed by atoms with Gasteiger partial charge in [0, 0.05) is 23.4 Å². The summed E-state index contributed by atoms with van der Waals surface area (Å²) in [6, 6.07) is 8.40. The molecule has 1 aromatic carbocycles. The van der Waals surface area contributed by atoms with Crippen molar-refractivity contribution in [1.29, 1.82) is 5.26 Å². The zero-order chi connectivity index (χ0) is 12.4. The van der Waals surface area contributed by atoms with Crippen molar-refractivity contribution < 1.29 is 0 Å². The molecule has 2 aromatic rings. The van der Waals surface area contributed by atoms with Crippen LogP contribution in [0.25, 0.3) is 11.1 Å². The van der Waals surface area contributed by atoms with E-state index in [2.05, 4.69) is 25.0 Å². The Labute approximate surface area is 101 Å². The molecule has 0 atom stereocenters. The summed E-state index contributed by atoms with van der Waals surface area (Å²) in [5.41, 5.74) is 3.80. The van der Waals surface area contributed by atoms with Crippen LogP contribution in [-0.4, -0.2) is 9.78 Å². The van der Waals surface area contributed by atoms with Gasteiger partial charge in [0.1, 0.15) is 0 Å². The number of hydrogen-bond acceptors (Lipinski definition) is 2. The molecule has 1 heterocycles. The minimum absolute atomic E-state index is 0.332. The van der Waals surface area contributed by atoms with Gasteiger partial charge in [-0.2, -0.15) is 10.4 Å². The molecule has 2 rings (SSSR count). The zero-order valence-corrected chi connectivity index (χ0v) is 10.3. The van der Waals surface area contributed by atoms with E-state index in [9.17, 15) is 0 Å². The van der Waals surface area contributed by atoms with E-state index in [0.717, 1.165) is 16.7 Å². The second kappa shape index (κ2) is 4.42. The maximum Gasteiger partial charge on any atom is 0.0998 e. The Hall–Kier alpha value is -2.08. The SMILES string of the molecule is Cc1ccc(C#N)c(-c2cnn(C(C)C)c2)c1. The van der Waals surface area contributed by atoms with Crippen molar-refractivity contribution >= 4 is 0 Å². The predicted octanol–water partition coefficient (Wildman–Crippen LogP) is 3.31. The lowest BCUT2D eigenvalue weighted by molar-refractivity contribution is 0.532. The van der Waals surface area contributed by atoms with Gasteiger partial charge in [0.05, 0.1) is 17.8 Å². The highest BCUT2D eigenvalue weighted by atomic mass is 15.3. The third-order valence-electron chi connectivity index (χ3n) is 2.74. The molecule has 3 nitrogen and oxygen atoms in total. The zero-order valence-electron chi connectivity index (χ0n) is 10.3. The fourth-order valence-corrected chi connectivity index (χ4v) is 1.75. The van der Waals surface area contributed by atoms with E-state index in [1.54, 1.807) is 0 Å². The second-order valence-electron chi connectivity index (χ2n) is 4.46.